The van der Waals surface area contributed by atoms with Gasteiger partial charge >= 0.3 is 0 Å². The van der Waals surface area contributed by atoms with Crippen LogP contribution in [0.15, 0.2) is 18.2 Å². The van der Waals surface area contributed by atoms with E-state index in [9.17, 15) is 9.50 Å². The quantitative estimate of drug-likeness (QED) is 0.818. The number of nitrogens with zero attached hydrogens (tertiary/aromatic N) is 2. The highest BCUT2D eigenvalue weighted by Crippen LogP contribution is 2.21. The molecule has 0 aliphatic carbocycles. The maximum Gasteiger partial charge on any atom is 0.138 e. The molecule has 2 rings (SSSR count). The highest BCUT2D eigenvalue weighted by molar-refractivity contribution is 5.76. The molecule has 1 aromatic carbocycles. The van der Waals surface area contributed by atoms with Crippen molar-refractivity contribution in [3.8, 4) is 0 Å². The summed E-state index contributed by atoms with van der Waals surface area (Å²) in [6.07, 6.45) is -0.259. The van der Waals surface area contributed by atoms with Crippen LogP contribution in [0.4, 0.5) is 4.39 Å². The van der Waals surface area contributed by atoms with E-state index >= 15 is 0 Å². The number of aromatic nitrogens is 2. The Bertz CT molecular complexity index is 509. The molecular formula is C11H14FN3O. The van der Waals surface area contributed by atoms with E-state index < -0.39 is 6.10 Å². The third-order valence-electron chi connectivity index (χ3n) is 2.62. The number of aryl methyl sites for hydroxylation is 1. The standard InChI is InChI=1S/C11H14FN3O/c1-15-9-6-7(12)2-3-8(9)14-11(15)10(16)4-5-13/h2-3,6,10,16H,4-5,13H2,1H3. The van der Waals surface area contributed by atoms with Gasteiger partial charge in [-0.15, -0.1) is 0 Å². The summed E-state index contributed by atoms with van der Waals surface area (Å²) in [6.45, 7) is 0.388. The third kappa shape index (κ3) is 1.79. The van der Waals surface area contributed by atoms with Crippen LogP contribution in [0.2, 0.25) is 0 Å². The molecule has 1 atom stereocenters. The van der Waals surface area contributed by atoms with Crippen molar-refractivity contribution in [3.05, 3.63) is 29.8 Å². The molecule has 1 aromatic heterocycles. The molecule has 0 bridgehead atoms. The van der Waals surface area contributed by atoms with E-state index in [-0.39, 0.29) is 5.82 Å². The van der Waals surface area contributed by atoms with Crippen LogP contribution in [0, 0.1) is 5.82 Å². The molecule has 4 nitrogen and oxygen atoms in total. The van der Waals surface area contributed by atoms with Crippen LogP contribution in [0.5, 0.6) is 0 Å². The molecule has 86 valence electrons. The fourth-order valence-electron chi connectivity index (χ4n) is 1.77. The predicted octanol–water partition coefficient (Wildman–Crippen LogP) is 1.09. The normalized spacial score (nSPS) is 13.2. The van der Waals surface area contributed by atoms with Crippen molar-refractivity contribution in [2.45, 2.75) is 12.5 Å². The molecule has 16 heavy (non-hydrogen) atoms. The lowest BCUT2D eigenvalue weighted by Gasteiger charge is -2.08. The number of fused-ring (bicyclic) bond motifs is 1. The molecule has 0 saturated carbocycles. The lowest BCUT2D eigenvalue weighted by atomic mass is 10.2. The molecule has 0 amide bonds. The number of imidazole rings is 1. The van der Waals surface area contributed by atoms with Gasteiger partial charge in [-0.05, 0) is 31.2 Å². The average Bonchev–Trinajstić information content (AvgIpc) is 2.57. The van der Waals surface area contributed by atoms with Gasteiger partial charge in [0.05, 0.1) is 11.0 Å². The number of rotatable bonds is 3. The Hall–Kier alpha value is -1.46. The van der Waals surface area contributed by atoms with E-state index in [0.717, 1.165) is 0 Å². The van der Waals surface area contributed by atoms with E-state index in [0.29, 0.717) is 29.8 Å². The van der Waals surface area contributed by atoms with Gasteiger partial charge in [-0.2, -0.15) is 0 Å². The largest absolute Gasteiger partial charge is 0.385 e. The van der Waals surface area contributed by atoms with Crippen molar-refractivity contribution in [3.63, 3.8) is 0 Å². The van der Waals surface area contributed by atoms with Gasteiger partial charge in [0, 0.05) is 7.05 Å². The fourth-order valence-corrected chi connectivity index (χ4v) is 1.77. The van der Waals surface area contributed by atoms with E-state index in [1.54, 1.807) is 17.7 Å². The summed E-state index contributed by atoms with van der Waals surface area (Å²) in [7, 11) is 1.75. The van der Waals surface area contributed by atoms with Crippen LogP contribution in [0.3, 0.4) is 0 Å². The molecule has 0 spiro atoms. The molecule has 0 fully saturated rings. The number of aliphatic hydroxyl groups excluding tert-OH is 1. The summed E-state index contributed by atoms with van der Waals surface area (Å²) in [6, 6.07) is 4.36. The fraction of sp³-hybridized carbons (Fsp3) is 0.364. The minimum atomic E-state index is -0.703. The van der Waals surface area contributed by atoms with Crippen LogP contribution >= 0.6 is 0 Å². The first kappa shape index (κ1) is 11.0. The monoisotopic (exact) mass is 223 g/mol. The molecule has 0 radical (unpaired) electrons. The number of hydrogen-bond acceptors (Lipinski definition) is 3. The predicted molar refractivity (Wildman–Crippen MR) is 59.3 cm³/mol. The van der Waals surface area contributed by atoms with Gasteiger partial charge in [0.2, 0.25) is 0 Å². The van der Waals surface area contributed by atoms with Crippen molar-refractivity contribution >= 4 is 11.0 Å². The smallest absolute Gasteiger partial charge is 0.138 e. The minimum Gasteiger partial charge on any atom is -0.385 e. The van der Waals surface area contributed by atoms with E-state index in [1.165, 1.54) is 12.1 Å². The van der Waals surface area contributed by atoms with Gasteiger partial charge < -0.3 is 15.4 Å². The molecule has 1 heterocycles. The Labute approximate surface area is 92.5 Å². The maximum atomic E-state index is 13.1. The SMILES string of the molecule is Cn1c(C(O)CCN)nc2ccc(F)cc21. The number of halogens is 1. The van der Waals surface area contributed by atoms with Crippen molar-refractivity contribution in [2.75, 3.05) is 6.54 Å². The van der Waals surface area contributed by atoms with Crippen LogP contribution < -0.4 is 5.73 Å². The second kappa shape index (κ2) is 4.19. The Balaban J connectivity index is 2.51. The summed E-state index contributed by atoms with van der Waals surface area (Å²) in [5.41, 5.74) is 6.73. The molecule has 2 aromatic rings. The maximum absolute atomic E-state index is 13.1. The lowest BCUT2D eigenvalue weighted by molar-refractivity contribution is 0.157. The molecule has 0 aliphatic rings. The van der Waals surface area contributed by atoms with E-state index in [2.05, 4.69) is 4.98 Å². The zero-order valence-corrected chi connectivity index (χ0v) is 9.02. The Morgan fingerprint density at radius 3 is 3.00 bits per heavy atom. The van der Waals surface area contributed by atoms with Gasteiger partial charge in [-0.1, -0.05) is 0 Å². The van der Waals surface area contributed by atoms with Gasteiger partial charge in [-0.3, -0.25) is 0 Å². The minimum absolute atomic E-state index is 0.310. The third-order valence-corrected chi connectivity index (χ3v) is 2.62. The molecule has 0 aliphatic heterocycles. The summed E-state index contributed by atoms with van der Waals surface area (Å²) >= 11 is 0. The summed E-state index contributed by atoms with van der Waals surface area (Å²) in [5, 5.41) is 9.81. The topological polar surface area (TPSA) is 64.1 Å². The van der Waals surface area contributed by atoms with Crippen LogP contribution in [0.25, 0.3) is 11.0 Å². The van der Waals surface area contributed by atoms with Gasteiger partial charge in [-0.25, -0.2) is 9.37 Å². The molecular weight excluding hydrogens is 209 g/mol. The molecule has 0 saturated heterocycles. The van der Waals surface area contributed by atoms with Crippen molar-refractivity contribution in [1.29, 1.82) is 0 Å². The Kier molecular flexibility index (Phi) is 2.89. The van der Waals surface area contributed by atoms with Crippen LogP contribution in [-0.4, -0.2) is 21.2 Å². The van der Waals surface area contributed by atoms with E-state index in [1.807, 2.05) is 0 Å². The van der Waals surface area contributed by atoms with Crippen molar-refractivity contribution < 1.29 is 9.50 Å². The average molecular weight is 223 g/mol. The summed E-state index contributed by atoms with van der Waals surface area (Å²) < 4.78 is 14.7. The first-order valence-electron chi connectivity index (χ1n) is 5.13. The highest BCUT2D eigenvalue weighted by Gasteiger charge is 2.15. The molecule has 3 N–H and O–H groups in total. The summed E-state index contributed by atoms with van der Waals surface area (Å²) in [5.74, 6) is 0.210. The Morgan fingerprint density at radius 1 is 1.56 bits per heavy atom. The van der Waals surface area contributed by atoms with Gasteiger partial charge in [0.1, 0.15) is 17.7 Å². The number of nitrogens with two attached hydrogens (primary N) is 1. The van der Waals surface area contributed by atoms with Crippen LogP contribution in [0.1, 0.15) is 18.3 Å². The van der Waals surface area contributed by atoms with Gasteiger partial charge in [0.15, 0.2) is 0 Å². The van der Waals surface area contributed by atoms with Crippen molar-refractivity contribution in [2.24, 2.45) is 12.8 Å². The number of aliphatic hydroxyl groups is 1. The number of hydrogen-bond donors (Lipinski definition) is 2. The molecule has 1 unspecified atom stereocenters. The molecule has 5 heteroatoms. The van der Waals surface area contributed by atoms with Crippen molar-refractivity contribution in [1.82, 2.24) is 9.55 Å². The Morgan fingerprint density at radius 2 is 2.31 bits per heavy atom. The highest BCUT2D eigenvalue weighted by atomic mass is 19.1. The second-order valence-corrected chi connectivity index (χ2v) is 3.76. The zero-order chi connectivity index (χ0) is 11.7. The second-order valence-electron chi connectivity index (χ2n) is 3.76. The lowest BCUT2D eigenvalue weighted by Crippen LogP contribution is -2.11. The zero-order valence-electron chi connectivity index (χ0n) is 9.02. The number of benzene rings is 1. The summed E-state index contributed by atoms with van der Waals surface area (Å²) in [4.78, 5) is 4.26. The van der Waals surface area contributed by atoms with Gasteiger partial charge in [0.25, 0.3) is 0 Å². The first-order chi connectivity index (χ1) is 7.63. The van der Waals surface area contributed by atoms with E-state index in [4.69, 9.17) is 5.73 Å². The van der Waals surface area contributed by atoms with Crippen LogP contribution in [-0.2, 0) is 7.05 Å². The first-order valence-corrected chi connectivity index (χ1v) is 5.13.